The molecule has 0 aliphatic rings. The van der Waals surface area contributed by atoms with Crippen LogP contribution in [0.15, 0.2) is 48.5 Å². The average Bonchev–Trinajstić information content (AvgIpc) is 2.48. The summed E-state index contributed by atoms with van der Waals surface area (Å²) in [4.78, 5) is 0. The van der Waals surface area contributed by atoms with Crippen molar-refractivity contribution in [2.75, 3.05) is 0 Å². The van der Waals surface area contributed by atoms with Gasteiger partial charge in [-0.3, -0.25) is 4.57 Å². The van der Waals surface area contributed by atoms with Crippen LogP contribution >= 0.6 is 31.5 Å². The minimum absolute atomic E-state index is 0.332. The summed E-state index contributed by atoms with van der Waals surface area (Å²) in [5, 5.41) is 1.30. The maximum absolute atomic E-state index is 12.0. The van der Waals surface area contributed by atoms with Crippen molar-refractivity contribution in [1.29, 1.82) is 0 Å². The zero-order chi connectivity index (χ0) is 16.1. The van der Waals surface area contributed by atoms with Crippen LogP contribution in [-0.4, -0.2) is 0 Å². The fourth-order valence-corrected chi connectivity index (χ4v) is 3.08. The first kappa shape index (κ1) is 17.5. The summed E-state index contributed by atoms with van der Waals surface area (Å²) in [7, 11) is -2.62. The van der Waals surface area contributed by atoms with Crippen LogP contribution < -0.4 is 0 Å². The summed E-state index contributed by atoms with van der Waals surface area (Å²) in [5.74, 6) is 0. The molecule has 2 aromatic carbocycles. The Morgan fingerprint density at radius 1 is 0.773 bits per heavy atom. The molecule has 0 unspecified atom stereocenters. The first-order chi connectivity index (χ1) is 10.5. The van der Waals surface area contributed by atoms with Crippen LogP contribution in [0.3, 0.4) is 0 Å². The van der Waals surface area contributed by atoms with Crippen LogP contribution in [-0.2, 0) is 13.6 Å². The van der Waals surface area contributed by atoms with E-state index in [2.05, 4.69) is 0 Å². The summed E-state index contributed by atoms with van der Waals surface area (Å²) in [6, 6.07) is 14.4. The summed E-state index contributed by atoms with van der Waals surface area (Å²) in [6.07, 6.45) is -0.665. The lowest BCUT2D eigenvalue weighted by molar-refractivity contribution is 0.146. The molecule has 0 aliphatic heterocycles. The van der Waals surface area contributed by atoms with Gasteiger partial charge in [-0.2, -0.15) is 0 Å². The molecule has 0 aliphatic carbocycles. The van der Waals surface area contributed by atoms with Crippen molar-refractivity contribution in [1.82, 2.24) is 0 Å². The molecule has 0 bridgehead atoms. The molecule has 0 heterocycles. The Bertz CT molecular complexity index is 573. The van der Waals surface area contributed by atoms with Crippen LogP contribution in [0, 0.1) is 0 Å². The molecular weight excluding hydrogens is 342 g/mol. The van der Waals surface area contributed by atoms with Gasteiger partial charge in [0.2, 0.25) is 0 Å². The highest BCUT2D eigenvalue weighted by atomic mass is 35.5. The third kappa shape index (κ3) is 5.12. The Kier molecular flexibility index (Phi) is 6.49. The van der Waals surface area contributed by atoms with Crippen molar-refractivity contribution in [3.63, 3.8) is 0 Å². The van der Waals surface area contributed by atoms with Crippen LogP contribution in [0.5, 0.6) is 0 Å². The summed E-state index contributed by atoms with van der Waals surface area (Å²) in [6.45, 7) is 3.64. The average molecular weight is 359 g/mol. The van der Waals surface area contributed by atoms with E-state index in [-0.39, 0.29) is 12.2 Å². The molecule has 3 nitrogen and oxygen atoms in total. The Morgan fingerprint density at radius 2 is 1.09 bits per heavy atom. The van der Waals surface area contributed by atoms with E-state index in [4.69, 9.17) is 32.2 Å². The van der Waals surface area contributed by atoms with Crippen LogP contribution in [0.2, 0.25) is 10.0 Å². The Hall–Kier alpha value is -0.830. The molecule has 118 valence electrons. The predicted molar refractivity (Wildman–Crippen MR) is 90.9 cm³/mol. The Morgan fingerprint density at radius 3 is 1.41 bits per heavy atom. The quantitative estimate of drug-likeness (QED) is 0.573. The predicted octanol–water partition coefficient (Wildman–Crippen LogP) is 6.24. The fourth-order valence-electron chi connectivity index (χ4n) is 1.92. The molecule has 2 rings (SSSR count). The number of halogens is 2. The smallest absolute Gasteiger partial charge is 0.303 e. The normalized spacial score (nSPS) is 14.0. The second-order valence-corrected chi connectivity index (χ2v) is 6.72. The first-order valence-corrected chi connectivity index (χ1v) is 8.82. The molecule has 0 spiro atoms. The van der Waals surface area contributed by atoms with Crippen LogP contribution in [0.1, 0.15) is 37.2 Å². The van der Waals surface area contributed by atoms with Gasteiger partial charge < -0.3 is 9.05 Å². The Balaban J connectivity index is 1.91. The summed E-state index contributed by atoms with van der Waals surface area (Å²) in [5.41, 5.74) is 1.79. The lowest BCUT2D eigenvalue weighted by atomic mass is 10.1. The minimum atomic E-state index is -2.62. The van der Waals surface area contributed by atoms with E-state index in [1.54, 1.807) is 24.3 Å². The second-order valence-electron chi connectivity index (χ2n) is 4.87. The molecule has 2 atom stereocenters. The standard InChI is InChI=1S/C16H17Cl2O3P/c1-11(13-3-7-15(17)8-4-13)20-22(19)21-12(2)14-5-9-16(18)10-6-14/h3-12,22H,1-2H3/t11-,12-/m0/s1. The monoisotopic (exact) mass is 358 g/mol. The number of hydrogen-bond donors (Lipinski definition) is 0. The number of benzene rings is 2. The maximum atomic E-state index is 12.0. The Labute approximate surface area is 141 Å². The lowest BCUT2D eigenvalue weighted by Crippen LogP contribution is -1.98. The van der Waals surface area contributed by atoms with Crippen molar-refractivity contribution < 1.29 is 13.6 Å². The highest BCUT2D eigenvalue weighted by molar-refractivity contribution is 7.33. The fraction of sp³-hybridized carbons (Fsp3) is 0.250. The van der Waals surface area contributed by atoms with E-state index in [0.717, 1.165) is 11.1 Å². The van der Waals surface area contributed by atoms with Gasteiger partial charge in [-0.05, 0) is 49.2 Å². The molecule has 0 fully saturated rings. The molecule has 0 saturated carbocycles. The van der Waals surface area contributed by atoms with E-state index < -0.39 is 8.25 Å². The summed E-state index contributed by atoms with van der Waals surface area (Å²) >= 11 is 11.7. The van der Waals surface area contributed by atoms with E-state index in [1.807, 2.05) is 38.1 Å². The first-order valence-electron chi connectivity index (χ1n) is 6.84. The molecule has 6 heteroatoms. The maximum Gasteiger partial charge on any atom is 0.320 e. The third-order valence-electron chi connectivity index (χ3n) is 3.22. The topological polar surface area (TPSA) is 35.5 Å². The largest absolute Gasteiger partial charge is 0.320 e. The highest BCUT2D eigenvalue weighted by Gasteiger charge is 2.14. The molecule has 2 aromatic rings. The molecule has 0 amide bonds. The SMILES string of the molecule is C[C@H](O[PH](=O)O[C@@H](C)c1ccc(Cl)cc1)c1ccc(Cl)cc1. The third-order valence-corrected chi connectivity index (χ3v) is 4.82. The van der Waals surface area contributed by atoms with Gasteiger partial charge in [0.15, 0.2) is 0 Å². The number of hydrogen-bond acceptors (Lipinski definition) is 3. The molecular formula is C16H17Cl2O3P. The molecule has 0 aromatic heterocycles. The molecule has 0 saturated heterocycles. The van der Waals surface area contributed by atoms with E-state index in [0.29, 0.717) is 10.0 Å². The highest BCUT2D eigenvalue weighted by Crippen LogP contribution is 2.38. The molecule has 0 radical (unpaired) electrons. The lowest BCUT2D eigenvalue weighted by Gasteiger charge is -2.17. The second kappa shape index (κ2) is 8.14. The van der Waals surface area contributed by atoms with Gasteiger partial charge in [0.25, 0.3) is 0 Å². The van der Waals surface area contributed by atoms with Crippen molar-refractivity contribution >= 4 is 31.5 Å². The van der Waals surface area contributed by atoms with Crippen molar-refractivity contribution in [2.45, 2.75) is 26.1 Å². The van der Waals surface area contributed by atoms with E-state index >= 15 is 0 Å². The minimum Gasteiger partial charge on any atom is -0.303 e. The zero-order valence-corrected chi connectivity index (χ0v) is 14.8. The zero-order valence-electron chi connectivity index (χ0n) is 12.3. The van der Waals surface area contributed by atoms with Crippen molar-refractivity contribution in [3.8, 4) is 0 Å². The summed E-state index contributed by atoms with van der Waals surface area (Å²) < 4.78 is 22.9. The van der Waals surface area contributed by atoms with Gasteiger partial charge >= 0.3 is 8.25 Å². The van der Waals surface area contributed by atoms with Gasteiger partial charge in [-0.25, -0.2) is 0 Å². The van der Waals surface area contributed by atoms with Gasteiger partial charge in [-0.1, -0.05) is 47.5 Å². The van der Waals surface area contributed by atoms with Gasteiger partial charge in [0.1, 0.15) is 0 Å². The van der Waals surface area contributed by atoms with E-state index in [9.17, 15) is 4.57 Å². The van der Waals surface area contributed by atoms with E-state index in [1.165, 1.54) is 0 Å². The molecule has 0 N–H and O–H groups in total. The van der Waals surface area contributed by atoms with Crippen LogP contribution in [0.4, 0.5) is 0 Å². The van der Waals surface area contributed by atoms with Gasteiger partial charge in [0.05, 0.1) is 12.2 Å². The van der Waals surface area contributed by atoms with Crippen molar-refractivity contribution in [3.05, 3.63) is 69.7 Å². The van der Waals surface area contributed by atoms with Gasteiger partial charge in [-0.15, -0.1) is 0 Å². The van der Waals surface area contributed by atoms with Gasteiger partial charge in [0, 0.05) is 10.0 Å². The van der Waals surface area contributed by atoms with Crippen LogP contribution in [0.25, 0.3) is 0 Å². The molecule has 22 heavy (non-hydrogen) atoms. The van der Waals surface area contributed by atoms with Crippen molar-refractivity contribution in [2.24, 2.45) is 0 Å². The number of rotatable bonds is 6.